The van der Waals surface area contributed by atoms with Gasteiger partial charge in [0, 0.05) is 22.2 Å². The first kappa shape index (κ1) is 12.1. The summed E-state index contributed by atoms with van der Waals surface area (Å²) in [4.78, 5) is 0. The Balaban J connectivity index is 2.19. The fourth-order valence-electron chi connectivity index (χ4n) is 3.12. The number of hydrogen-bond donors (Lipinski definition) is 1. The Kier molecular flexibility index (Phi) is 2.91. The number of fused-ring (bicyclic) bond motifs is 1. The maximum Gasteiger partial charge on any atom is 0.231 e. The summed E-state index contributed by atoms with van der Waals surface area (Å²) in [5, 5.41) is 4.36. The SMILES string of the molecule is CCc1c2c(cc(Cl)c1C1(C)CCCN1)OCO2. The Labute approximate surface area is 112 Å². The molecule has 1 fully saturated rings. The second kappa shape index (κ2) is 4.32. The van der Waals surface area contributed by atoms with Crippen molar-refractivity contribution in [1.29, 1.82) is 0 Å². The van der Waals surface area contributed by atoms with Gasteiger partial charge in [-0.3, -0.25) is 0 Å². The molecule has 1 aromatic rings. The molecule has 0 aromatic heterocycles. The Bertz CT molecular complexity index is 481. The van der Waals surface area contributed by atoms with Gasteiger partial charge in [0.1, 0.15) is 0 Å². The van der Waals surface area contributed by atoms with Gasteiger partial charge in [-0.05, 0) is 38.3 Å². The Hall–Kier alpha value is -0.930. The van der Waals surface area contributed by atoms with Crippen molar-refractivity contribution >= 4 is 11.6 Å². The summed E-state index contributed by atoms with van der Waals surface area (Å²) >= 11 is 6.49. The topological polar surface area (TPSA) is 30.5 Å². The average Bonchev–Trinajstić information content (AvgIpc) is 2.96. The molecule has 0 saturated carbocycles. The molecule has 2 aliphatic heterocycles. The largest absolute Gasteiger partial charge is 0.454 e. The second-order valence-electron chi connectivity index (χ2n) is 5.16. The van der Waals surface area contributed by atoms with Gasteiger partial charge >= 0.3 is 0 Å². The van der Waals surface area contributed by atoms with E-state index in [2.05, 4.69) is 19.2 Å². The molecular weight excluding hydrogens is 250 g/mol. The molecule has 0 aliphatic carbocycles. The van der Waals surface area contributed by atoms with Crippen LogP contribution in [0.1, 0.15) is 37.8 Å². The lowest BCUT2D eigenvalue weighted by atomic mass is 9.85. The van der Waals surface area contributed by atoms with Crippen molar-refractivity contribution in [3.8, 4) is 11.5 Å². The van der Waals surface area contributed by atoms with E-state index in [1.165, 1.54) is 17.5 Å². The summed E-state index contributed by atoms with van der Waals surface area (Å²) < 4.78 is 11.1. The average molecular weight is 268 g/mol. The molecule has 1 unspecified atom stereocenters. The van der Waals surface area contributed by atoms with E-state index in [-0.39, 0.29) is 5.54 Å². The fraction of sp³-hybridized carbons (Fsp3) is 0.571. The van der Waals surface area contributed by atoms with Crippen LogP contribution in [0.5, 0.6) is 11.5 Å². The summed E-state index contributed by atoms with van der Waals surface area (Å²) in [6.45, 7) is 5.70. The highest BCUT2D eigenvalue weighted by Crippen LogP contribution is 2.47. The predicted octanol–water partition coefficient (Wildman–Crippen LogP) is 3.23. The third kappa shape index (κ3) is 1.69. The van der Waals surface area contributed by atoms with Crippen molar-refractivity contribution in [2.45, 2.75) is 38.6 Å². The van der Waals surface area contributed by atoms with Crippen molar-refractivity contribution in [3.63, 3.8) is 0 Å². The zero-order chi connectivity index (χ0) is 12.8. The molecule has 0 radical (unpaired) electrons. The van der Waals surface area contributed by atoms with Crippen molar-refractivity contribution in [3.05, 3.63) is 22.2 Å². The normalized spacial score (nSPS) is 25.7. The van der Waals surface area contributed by atoms with Crippen LogP contribution in [-0.4, -0.2) is 13.3 Å². The minimum atomic E-state index is -0.0383. The van der Waals surface area contributed by atoms with Crippen molar-refractivity contribution in [2.24, 2.45) is 0 Å². The molecule has 4 heteroatoms. The van der Waals surface area contributed by atoms with Crippen molar-refractivity contribution < 1.29 is 9.47 Å². The monoisotopic (exact) mass is 267 g/mol. The van der Waals surface area contributed by atoms with Crippen LogP contribution in [0.2, 0.25) is 5.02 Å². The molecule has 1 N–H and O–H groups in total. The highest BCUT2D eigenvalue weighted by Gasteiger charge is 2.36. The smallest absolute Gasteiger partial charge is 0.231 e. The molecule has 1 aromatic carbocycles. The van der Waals surface area contributed by atoms with E-state index in [4.69, 9.17) is 21.1 Å². The molecule has 3 rings (SSSR count). The van der Waals surface area contributed by atoms with E-state index in [1.807, 2.05) is 6.07 Å². The van der Waals surface area contributed by atoms with Crippen LogP contribution in [0.15, 0.2) is 6.07 Å². The zero-order valence-electron chi connectivity index (χ0n) is 10.8. The molecule has 2 heterocycles. The second-order valence-corrected chi connectivity index (χ2v) is 5.57. The first-order valence-electron chi connectivity index (χ1n) is 6.52. The molecule has 2 aliphatic rings. The number of nitrogens with one attached hydrogen (secondary N) is 1. The van der Waals surface area contributed by atoms with Gasteiger partial charge in [0.2, 0.25) is 6.79 Å². The lowest BCUT2D eigenvalue weighted by Gasteiger charge is -2.29. The van der Waals surface area contributed by atoms with Crippen molar-refractivity contribution in [1.82, 2.24) is 5.32 Å². The van der Waals surface area contributed by atoms with Gasteiger partial charge in [-0.1, -0.05) is 18.5 Å². The van der Waals surface area contributed by atoms with E-state index >= 15 is 0 Å². The first-order valence-corrected chi connectivity index (χ1v) is 6.90. The molecule has 98 valence electrons. The lowest BCUT2D eigenvalue weighted by Crippen LogP contribution is -2.34. The van der Waals surface area contributed by atoms with Crippen LogP contribution < -0.4 is 14.8 Å². The number of ether oxygens (including phenoxy) is 2. The lowest BCUT2D eigenvalue weighted by molar-refractivity contribution is 0.173. The van der Waals surface area contributed by atoms with E-state index < -0.39 is 0 Å². The van der Waals surface area contributed by atoms with Gasteiger partial charge in [0.25, 0.3) is 0 Å². The highest BCUT2D eigenvalue weighted by atomic mass is 35.5. The number of benzene rings is 1. The summed E-state index contributed by atoms with van der Waals surface area (Å²) in [7, 11) is 0. The van der Waals surface area contributed by atoms with Gasteiger partial charge in [-0.2, -0.15) is 0 Å². The summed E-state index contributed by atoms with van der Waals surface area (Å²) in [5.41, 5.74) is 2.34. The molecule has 3 nitrogen and oxygen atoms in total. The van der Waals surface area contributed by atoms with Gasteiger partial charge in [0.15, 0.2) is 11.5 Å². The van der Waals surface area contributed by atoms with Crippen LogP contribution in [0.4, 0.5) is 0 Å². The highest BCUT2D eigenvalue weighted by molar-refractivity contribution is 6.31. The minimum absolute atomic E-state index is 0.0383. The fourth-order valence-corrected chi connectivity index (χ4v) is 3.54. The summed E-state index contributed by atoms with van der Waals surface area (Å²) in [5.74, 6) is 1.66. The molecule has 18 heavy (non-hydrogen) atoms. The summed E-state index contributed by atoms with van der Waals surface area (Å²) in [6, 6.07) is 1.89. The van der Waals surface area contributed by atoms with Gasteiger partial charge in [-0.25, -0.2) is 0 Å². The van der Waals surface area contributed by atoms with E-state index in [0.717, 1.165) is 35.9 Å². The zero-order valence-corrected chi connectivity index (χ0v) is 11.6. The Morgan fingerprint density at radius 1 is 1.44 bits per heavy atom. The molecule has 1 atom stereocenters. The minimum Gasteiger partial charge on any atom is -0.454 e. The Morgan fingerprint density at radius 2 is 2.28 bits per heavy atom. The van der Waals surface area contributed by atoms with Crippen LogP contribution in [0.3, 0.4) is 0 Å². The van der Waals surface area contributed by atoms with E-state index in [1.54, 1.807) is 0 Å². The van der Waals surface area contributed by atoms with Gasteiger partial charge in [-0.15, -0.1) is 0 Å². The maximum atomic E-state index is 6.49. The Morgan fingerprint density at radius 3 is 2.94 bits per heavy atom. The molecule has 0 bridgehead atoms. The number of rotatable bonds is 2. The quantitative estimate of drug-likeness (QED) is 0.892. The maximum absolute atomic E-state index is 6.49. The van der Waals surface area contributed by atoms with Gasteiger partial charge in [0.05, 0.1) is 0 Å². The molecule has 1 saturated heterocycles. The summed E-state index contributed by atoms with van der Waals surface area (Å²) in [6.07, 6.45) is 3.20. The molecule has 0 amide bonds. The third-order valence-corrected chi connectivity index (χ3v) is 4.29. The number of halogens is 1. The van der Waals surface area contributed by atoms with E-state index in [9.17, 15) is 0 Å². The van der Waals surface area contributed by atoms with Crippen LogP contribution in [0, 0.1) is 0 Å². The van der Waals surface area contributed by atoms with Crippen LogP contribution in [-0.2, 0) is 12.0 Å². The molecule has 0 spiro atoms. The predicted molar refractivity (Wildman–Crippen MR) is 71.5 cm³/mol. The molecular formula is C14H18ClNO2. The van der Waals surface area contributed by atoms with Crippen LogP contribution >= 0.6 is 11.6 Å². The van der Waals surface area contributed by atoms with Crippen molar-refractivity contribution in [2.75, 3.05) is 13.3 Å². The van der Waals surface area contributed by atoms with Gasteiger partial charge < -0.3 is 14.8 Å². The number of hydrogen-bond acceptors (Lipinski definition) is 3. The van der Waals surface area contributed by atoms with Crippen LogP contribution in [0.25, 0.3) is 0 Å². The first-order chi connectivity index (χ1) is 8.65. The third-order valence-electron chi connectivity index (χ3n) is 3.99. The van der Waals surface area contributed by atoms with E-state index in [0.29, 0.717) is 6.79 Å². The standard InChI is InChI=1S/C14H18ClNO2/c1-3-9-12(14(2)5-4-6-16-14)10(15)7-11-13(9)18-8-17-11/h7,16H,3-6,8H2,1-2H3.